The number of anilines is 1. The van der Waals surface area contributed by atoms with Crippen molar-refractivity contribution >= 4 is 17.3 Å². The molecular weight excluding hydrogens is 264 g/mol. The van der Waals surface area contributed by atoms with Crippen molar-refractivity contribution in [2.45, 2.75) is 6.42 Å². The van der Waals surface area contributed by atoms with Crippen molar-refractivity contribution < 1.29 is 14.5 Å². The fraction of sp³-hybridized carbons (Fsp3) is 0.167. The van der Waals surface area contributed by atoms with Gasteiger partial charge in [-0.05, 0) is 12.1 Å². The molecule has 0 fully saturated rings. The second-order valence-electron chi connectivity index (χ2n) is 3.95. The number of hydrogen-bond acceptors (Lipinski definition) is 5. The molecule has 20 heavy (non-hydrogen) atoms. The Kier molecular flexibility index (Phi) is 3.94. The van der Waals surface area contributed by atoms with Crippen LogP contribution in [0.25, 0.3) is 0 Å². The number of non-ortho nitro benzene ring substituents is 1. The van der Waals surface area contributed by atoms with Crippen LogP contribution in [0.3, 0.4) is 0 Å². The molecule has 1 aromatic heterocycles. The Balaban J connectivity index is 2.16. The fourth-order valence-corrected chi connectivity index (χ4v) is 1.66. The first-order valence-corrected chi connectivity index (χ1v) is 5.70. The average molecular weight is 276 g/mol. The first-order valence-electron chi connectivity index (χ1n) is 5.70. The third-order valence-electron chi connectivity index (χ3n) is 2.58. The smallest absolute Gasteiger partial charge is 0.271 e. The number of benzene rings is 1. The predicted octanol–water partition coefficient (Wildman–Crippen LogP) is 1.51. The molecule has 1 heterocycles. The molecule has 104 valence electrons. The molecule has 8 heteroatoms. The summed E-state index contributed by atoms with van der Waals surface area (Å²) in [5.41, 5.74) is 0.778. The SMILES string of the molecule is COc1ccc([N+](=O)[O-])cc1NC(=O)Cc1ccn[nH]1. The zero-order chi connectivity index (χ0) is 14.5. The lowest BCUT2D eigenvalue weighted by Gasteiger charge is -2.09. The topological polar surface area (TPSA) is 110 Å². The number of nitrogens with one attached hydrogen (secondary N) is 2. The van der Waals surface area contributed by atoms with Gasteiger partial charge in [0.1, 0.15) is 5.75 Å². The maximum absolute atomic E-state index is 11.8. The van der Waals surface area contributed by atoms with E-state index in [4.69, 9.17) is 4.74 Å². The van der Waals surface area contributed by atoms with Crippen LogP contribution >= 0.6 is 0 Å². The van der Waals surface area contributed by atoms with Crippen LogP contribution in [0.4, 0.5) is 11.4 Å². The Morgan fingerprint density at radius 1 is 1.50 bits per heavy atom. The minimum Gasteiger partial charge on any atom is -0.495 e. The van der Waals surface area contributed by atoms with Gasteiger partial charge in [-0.25, -0.2) is 0 Å². The standard InChI is InChI=1S/C12H12N4O4/c1-20-11-3-2-9(16(18)19)7-10(11)14-12(17)6-8-4-5-13-15-8/h2-5,7H,6H2,1H3,(H,13,15)(H,14,17). The number of carbonyl (C=O) groups is 1. The van der Waals surface area contributed by atoms with Crippen LogP contribution in [0.1, 0.15) is 5.69 Å². The van der Waals surface area contributed by atoms with Crippen LogP contribution in [0.15, 0.2) is 30.5 Å². The number of methoxy groups -OCH3 is 1. The van der Waals surface area contributed by atoms with Crippen molar-refractivity contribution in [1.82, 2.24) is 10.2 Å². The van der Waals surface area contributed by atoms with Gasteiger partial charge in [-0.3, -0.25) is 20.0 Å². The van der Waals surface area contributed by atoms with Gasteiger partial charge in [-0.1, -0.05) is 0 Å². The highest BCUT2D eigenvalue weighted by atomic mass is 16.6. The van der Waals surface area contributed by atoms with Gasteiger partial charge in [-0.15, -0.1) is 0 Å². The second-order valence-corrected chi connectivity index (χ2v) is 3.95. The number of rotatable bonds is 5. The van der Waals surface area contributed by atoms with E-state index < -0.39 is 4.92 Å². The summed E-state index contributed by atoms with van der Waals surface area (Å²) in [6.07, 6.45) is 1.63. The molecule has 0 aliphatic rings. The maximum Gasteiger partial charge on any atom is 0.271 e. The third kappa shape index (κ3) is 3.10. The highest BCUT2D eigenvalue weighted by Gasteiger charge is 2.14. The van der Waals surface area contributed by atoms with E-state index in [0.29, 0.717) is 11.4 Å². The number of nitrogens with zero attached hydrogens (tertiary/aromatic N) is 2. The molecule has 0 aliphatic carbocycles. The Bertz CT molecular complexity index is 624. The predicted molar refractivity (Wildman–Crippen MR) is 70.6 cm³/mol. The molecule has 8 nitrogen and oxygen atoms in total. The third-order valence-corrected chi connectivity index (χ3v) is 2.58. The highest BCUT2D eigenvalue weighted by Crippen LogP contribution is 2.28. The highest BCUT2D eigenvalue weighted by molar-refractivity contribution is 5.93. The number of aromatic amines is 1. The van der Waals surface area contributed by atoms with E-state index in [1.54, 1.807) is 6.07 Å². The molecule has 0 unspecified atom stereocenters. The van der Waals surface area contributed by atoms with Crippen molar-refractivity contribution in [3.63, 3.8) is 0 Å². The zero-order valence-electron chi connectivity index (χ0n) is 10.6. The summed E-state index contributed by atoms with van der Waals surface area (Å²) in [7, 11) is 1.42. The summed E-state index contributed by atoms with van der Waals surface area (Å²) in [4.78, 5) is 22.0. The summed E-state index contributed by atoms with van der Waals surface area (Å²) in [5.74, 6) is 0.0293. The van der Waals surface area contributed by atoms with Crippen molar-refractivity contribution in [2.24, 2.45) is 0 Å². The lowest BCUT2D eigenvalue weighted by atomic mass is 10.2. The Hall–Kier alpha value is -2.90. The summed E-state index contributed by atoms with van der Waals surface area (Å²) in [6, 6.07) is 5.67. The quantitative estimate of drug-likeness (QED) is 0.635. The number of carbonyl (C=O) groups excluding carboxylic acids is 1. The van der Waals surface area contributed by atoms with E-state index in [2.05, 4.69) is 15.5 Å². The van der Waals surface area contributed by atoms with Crippen LogP contribution < -0.4 is 10.1 Å². The monoisotopic (exact) mass is 276 g/mol. The molecule has 0 aliphatic heterocycles. The summed E-state index contributed by atoms with van der Waals surface area (Å²) in [5, 5.41) is 19.7. The van der Waals surface area contributed by atoms with E-state index in [0.717, 1.165) is 0 Å². The zero-order valence-corrected chi connectivity index (χ0v) is 10.6. The van der Waals surface area contributed by atoms with Gasteiger partial charge in [-0.2, -0.15) is 5.10 Å². The molecule has 2 rings (SSSR count). The molecule has 1 amide bonds. The van der Waals surface area contributed by atoms with Gasteiger partial charge in [0.25, 0.3) is 5.69 Å². The van der Waals surface area contributed by atoms with Gasteiger partial charge >= 0.3 is 0 Å². The average Bonchev–Trinajstić information content (AvgIpc) is 2.91. The van der Waals surface area contributed by atoms with E-state index in [-0.39, 0.29) is 23.7 Å². The van der Waals surface area contributed by atoms with Crippen molar-refractivity contribution in [3.05, 3.63) is 46.3 Å². The molecule has 0 bridgehead atoms. The van der Waals surface area contributed by atoms with Crippen molar-refractivity contribution in [2.75, 3.05) is 12.4 Å². The number of nitro groups is 1. The maximum atomic E-state index is 11.8. The van der Waals surface area contributed by atoms with Crippen molar-refractivity contribution in [3.8, 4) is 5.75 Å². The molecule has 0 atom stereocenters. The normalized spacial score (nSPS) is 10.1. The van der Waals surface area contributed by atoms with Gasteiger partial charge in [0.2, 0.25) is 5.91 Å². The van der Waals surface area contributed by atoms with E-state index in [1.807, 2.05) is 0 Å². The Morgan fingerprint density at radius 3 is 2.90 bits per heavy atom. The number of hydrogen-bond donors (Lipinski definition) is 2. The number of nitro benzene ring substituents is 1. The number of amides is 1. The molecule has 1 aromatic carbocycles. The van der Waals surface area contributed by atoms with E-state index >= 15 is 0 Å². The molecule has 2 N–H and O–H groups in total. The summed E-state index contributed by atoms with van der Waals surface area (Å²) < 4.78 is 5.06. The molecular formula is C12H12N4O4. The molecule has 0 spiro atoms. The lowest BCUT2D eigenvalue weighted by Crippen LogP contribution is -2.15. The molecule has 0 radical (unpaired) electrons. The molecule has 0 saturated heterocycles. The Labute approximate surface area is 113 Å². The summed E-state index contributed by atoms with van der Waals surface area (Å²) in [6.45, 7) is 0. The van der Waals surface area contributed by atoms with Gasteiger partial charge in [0.05, 0.1) is 24.1 Å². The van der Waals surface area contributed by atoms with E-state index in [9.17, 15) is 14.9 Å². The van der Waals surface area contributed by atoms with Gasteiger partial charge in [0, 0.05) is 24.0 Å². The first-order chi connectivity index (χ1) is 9.60. The van der Waals surface area contributed by atoms with Crippen LogP contribution in [-0.2, 0) is 11.2 Å². The number of H-pyrrole nitrogens is 1. The van der Waals surface area contributed by atoms with Crippen LogP contribution in [0.2, 0.25) is 0 Å². The Morgan fingerprint density at radius 2 is 2.30 bits per heavy atom. The number of aromatic nitrogens is 2. The van der Waals surface area contributed by atoms with E-state index in [1.165, 1.54) is 31.5 Å². The van der Waals surface area contributed by atoms with Crippen molar-refractivity contribution in [1.29, 1.82) is 0 Å². The van der Waals surface area contributed by atoms with Gasteiger partial charge < -0.3 is 10.1 Å². The second kappa shape index (κ2) is 5.83. The molecule has 0 saturated carbocycles. The molecule has 2 aromatic rings. The fourth-order valence-electron chi connectivity index (χ4n) is 1.66. The minimum absolute atomic E-state index is 0.0891. The van der Waals surface area contributed by atoms with Crippen LogP contribution in [0, 0.1) is 10.1 Å². The summed E-state index contributed by atoms with van der Waals surface area (Å²) >= 11 is 0. The minimum atomic E-state index is -0.538. The largest absolute Gasteiger partial charge is 0.495 e. The van der Waals surface area contributed by atoms with Gasteiger partial charge in [0.15, 0.2) is 0 Å². The number of ether oxygens (including phenoxy) is 1. The van der Waals surface area contributed by atoms with Crippen LogP contribution in [0.5, 0.6) is 5.75 Å². The van der Waals surface area contributed by atoms with Crippen LogP contribution in [-0.4, -0.2) is 28.1 Å². The lowest BCUT2D eigenvalue weighted by molar-refractivity contribution is -0.384. The first kappa shape index (κ1) is 13.5.